The number of anilines is 1. The smallest absolute Gasteiger partial charge is 0.359 e. The first-order valence-electron chi connectivity index (χ1n) is 10.9. The lowest BCUT2D eigenvalue weighted by Crippen LogP contribution is -2.44. The molecule has 2 aliphatic rings. The van der Waals surface area contributed by atoms with Crippen molar-refractivity contribution in [3.63, 3.8) is 0 Å². The van der Waals surface area contributed by atoms with Crippen LogP contribution in [0.2, 0.25) is 0 Å². The number of aromatic nitrogens is 1. The molecule has 0 saturated heterocycles. The van der Waals surface area contributed by atoms with E-state index in [1.165, 1.54) is 6.42 Å². The summed E-state index contributed by atoms with van der Waals surface area (Å²) in [4.78, 5) is 19.2. The van der Waals surface area contributed by atoms with Crippen molar-refractivity contribution >= 4 is 11.6 Å². The molecule has 1 aromatic carbocycles. The number of likely N-dealkylation sites (N-methyl/N-ethyl adjacent to an activating group) is 1. The standard InChI is InChI=1S/C24H28F3N3O/c1-30(20-11-9-18(10-12-20)23(13-14-23)24(25,26)27)21(17-6-5-15-28-16-17)22(31)29-19-7-3-2-4-8-19/h5-6,9-12,15-16,19,21H,2-4,7-8,13-14H2,1H3,(H,29,31). The Kier molecular flexibility index (Phi) is 5.95. The summed E-state index contributed by atoms with van der Waals surface area (Å²) in [5.74, 6) is -0.111. The molecule has 0 bridgehead atoms. The summed E-state index contributed by atoms with van der Waals surface area (Å²) in [7, 11) is 1.80. The molecule has 31 heavy (non-hydrogen) atoms. The van der Waals surface area contributed by atoms with Gasteiger partial charge in [-0.25, -0.2) is 0 Å². The quantitative estimate of drug-likeness (QED) is 0.675. The Balaban J connectivity index is 1.57. The SMILES string of the molecule is CN(c1ccc(C2(C(F)(F)F)CC2)cc1)C(C(=O)NC1CCCCC1)c1cccnc1. The van der Waals surface area contributed by atoms with Gasteiger partial charge in [-0.2, -0.15) is 13.2 Å². The van der Waals surface area contributed by atoms with Crippen LogP contribution in [-0.4, -0.2) is 30.2 Å². The van der Waals surface area contributed by atoms with Crippen molar-refractivity contribution in [2.75, 3.05) is 11.9 Å². The van der Waals surface area contributed by atoms with E-state index in [0.717, 1.165) is 31.2 Å². The largest absolute Gasteiger partial charge is 0.398 e. The van der Waals surface area contributed by atoms with Crippen molar-refractivity contribution < 1.29 is 18.0 Å². The van der Waals surface area contributed by atoms with E-state index in [-0.39, 0.29) is 24.8 Å². The number of hydrogen-bond donors (Lipinski definition) is 1. The molecular formula is C24H28F3N3O. The van der Waals surface area contributed by atoms with Crippen LogP contribution < -0.4 is 10.2 Å². The molecule has 1 amide bonds. The molecule has 2 aromatic rings. The molecule has 2 fully saturated rings. The molecule has 1 N–H and O–H groups in total. The summed E-state index contributed by atoms with van der Waals surface area (Å²) in [5.41, 5.74) is 0.0260. The number of nitrogens with zero attached hydrogens (tertiary/aromatic N) is 2. The van der Waals surface area contributed by atoms with Gasteiger partial charge in [0, 0.05) is 36.7 Å². The Hall–Kier alpha value is -2.57. The van der Waals surface area contributed by atoms with Gasteiger partial charge in [0.25, 0.3) is 0 Å². The van der Waals surface area contributed by atoms with Crippen LogP contribution in [0.15, 0.2) is 48.8 Å². The number of benzene rings is 1. The number of pyridine rings is 1. The number of carbonyl (C=O) groups is 1. The number of rotatable bonds is 6. The summed E-state index contributed by atoms with van der Waals surface area (Å²) in [6.45, 7) is 0. The fourth-order valence-corrected chi connectivity index (χ4v) is 4.64. The minimum absolute atomic E-state index is 0.111. The second-order valence-electron chi connectivity index (χ2n) is 8.77. The minimum Gasteiger partial charge on any atom is -0.359 e. The third-order valence-corrected chi connectivity index (χ3v) is 6.71. The lowest BCUT2D eigenvalue weighted by Gasteiger charge is -2.32. The molecule has 1 heterocycles. The zero-order valence-corrected chi connectivity index (χ0v) is 17.7. The average molecular weight is 432 g/mol. The predicted molar refractivity (Wildman–Crippen MR) is 114 cm³/mol. The number of alkyl halides is 3. The molecule has 4 nitrogen and oxygen atoms in total. The van der Waals surface area contributed by atoms with Gasteiger partial charge in [-0.05, 0) is 49.4 Å². The van der Waals surface area contributed by atoms with Gasteiger partial charge in [0.15, 0.2) is 0 Å². The maximum Gasteiger partial charge on any atom is 0.398 e. The fourth-order valence-electron chi connectivity index (χ4n) is 4.64. The Morgan fingerprint density at radius 2 is 1.81 bits per heavy atom. The monoisotopic (exact) mass is 431 g/mol. The zero-order chi connectivity index (χ0) is 22.1. The highest BCUT2D eigenvalue weighted by molar-refractivity contribution is 5.86. The first-order chi connectivity index (χ1) is 14.8. The van der Waals surface area contributed by atoms with Crippen LogP contribution >= 0.6 is 0 Å². The molecule has 0 aliphatic heterocycles. The van der Waals surface area contributed by atoms with Crippen molar-refractivity contribution in [3.8, 4) is 0 Å². The maximum atomic E-state index is 13.4. The number of halogens is 3. The van der Waals surface area contributed by atoms with Crippen molar-refractivity contribution in [1.82, 2.24) is 10.3 Å². The highest BCUT2D eigenvalue weighted by Crippen LogP contribution is 2.59. The Labute approximate surface area is 180 Å². The summed E-state index contributed by atoms with van der Waals surface area (Å²) >= 11 is 0. The molecule has 1 atom stereocenters. The first-order valence-corrected chi connectivity index (χ1v) is 10.9. The van der Waals surface area contributed by atoms with Crippen molar-refractivity contribution in [2.45, 2.75) is 68.6 Å². The number of nitrogens with one attached hydrogen (secondary N) is 1. The average Bonchev–Trinajstić information content (AvgIpc) is 3.58. The molecule has 1 aromatic heterocycles. The summed E-state index contributed by atoms with van der Waals surface area (Å²) < 4.78 is 40.3. The molecule has 166 valence electrons. The van der Waals surface area contributed by atoms with Crippen LogP contribution in [-0.2, 0) is 10.2 Å². The van der Waals surface area contributed by atoms with Gasteiger partial charge >= 0.3 is 6.18 Å². The highest BCUT2D eigenvalue weighted by atomic mass is 19.4. The summed E-state index contributed by atoms with van der Waals surface area (Å²) in [6.07, 6.45) is 4.72. The van der Waals surface area contributed by atoms with E-state index in [2.05, 4.69) is 10.3 Å². The van der Waals surface area contributed by atoms with Crippen LogP contribution in [0.25, 0.3) is 0 Å². The van der Waals surface area contributed by atoms with Gasteiger partial charge in [0.05, 0.1) is 5.41 Å². The van der Waals surface area contributed by atoms with Gasteiger partial charge in [0.1, 0.15) is 6.04 Å². The second-order valence-corrected chi connectivity index (χ2v) is 8.77. The second kappa shape index (κ2) is 8.52. The van der Waals surface area contributed by atoms with Gasteiger partial charge in [-0.3, -0.25) is 9.78 Å². The van der Waals surface area contributed by atoms with Crippen LogP contribution in [0, 0.1) is 0 Å². The molecule has 2 saturated carbocycles. The van der Waals surface area contributed by atoms with E-state index in [1.54, 1.807) is 49.8 Å². The van der Waals surface area contributed by atoms with Crippen LogP contribution in [0.3, 0.4) is 0 Å². The van der Waals surface area contributed by atoms with E-state index in [9.17, 15) is 18.0 Å². The molecule has 1 unspecified atom stereocenters. The van der Waals surface area contributed by atoms with Crippen LogP contribution in [0.4, 0.5) is 18.9 Å². The van der Waals surface area contributed by atoms with E-state index >= 15 is 0 Å². The highest BCUT2D eigenvalue weighted by Gasteiger charge is 2.64. The van der Waals surface area contributed by atoms with Gasteiger partial charge < -0.3 is 10.2 Å². The fraction of sp³-hybridized carbons (Fsp3) is 0.500. The van der Waals surface area contributed by atoms with E-state index < -0.39 is 17.6 Å². The third kappa shape index (κ3) is 4.41. The lowest BCUT2D eigenvalue weighted by molar-refractivity contribution is -0.160. The Morgan fingerprint density at radius 1 is 1.13 bits per heavy atom. The number of carbonyl (C=O) groups excluding carboxylic acids is 1. The predicted octanol–water partition coefficient (Wildman–Crippen LogP) is 5.30. The van der Waals surface area contributed by atoms with Crippen molar-refractivity contribution in [1.29, 1.82) is 0 Å². The van der Waals surface area contributed by atoms with E-state index in [4.69, 9.17) is 0 Å². The molecule has 7 heteroatoms. The molecule has 2 aliphatic carbocycles. The summed E-state index contributed by atoms with van der Waals surface area (Å²) in [5, 5.41) is 3.18. The molecule has 4 rings (SSSR count). The molecular weight excluding hydrogens is 403 g/mol. The third-order valence-electron chi connectivity index (χ3n) is 6.71. The van der Waals surface area contributed by atoms with Crippen LogP contribution in [0.5, 0.6) is 0 Å². The molecule has 0 radical (unpaired) electrons. The van der Waals surface area contributed by atoms with E-state index in [0.29, 0.717) is 11.3 Å². The van der Waals surface area contributed by atoms with Gasteiger partial charge in [-0.15, -0.1) is 0 Å². The Bertz CT molecular complexity index is 889. The topological polar surface area (TPSA) is 45.2 Å². The number of amides is 1. The normalized spacial score (nSPS) is 19.5. The van der Waals surface area contributed by atoms with Crippen molar-refractivity contribution in [2.24, 2.45) is 0 Å². The summed E-state index contributed by atoms with van der Waals surface area (Å²) in [6, 6.07) is 9.64. The van der Waals surface area contributed by atoms with E-state index in [1.807, 2.05) is 11.0 Å². The van der Waals surface area contributed by atoms with Crippen molar-refractivity contribution in [3.05, 3.63) is 59.9 Å². The lowest BCUT2D eigenvalue weighted by atomic mass is 9.94. The first kappa shape index (κ1) is 21.7. The van der Waals surface area contributed by atoms with Gasteiger partial charge in [0.2, 0.25) is 5.91 Å². The maximum absolute atomic E-state index is 13.4. The minimum atomic E-state index is -4.24. The van der Waals surface area contributed by atoms with Crippen LogP contribution in [0.1, 0.15) is 62.1 Å². The number of hydrogen-bond acceptors (Lipinski definition) is 3. The zero-order valence-electron chi connectivity index (χ0n) is 17.7. The molecule has 0 spiro atoms. The Morgan fingerprint density at radius 3 is 2.35 bits per heavy atom. The van der Waals surface area contributed by atoms with Gasteiger partial charge in [-0.1, -0.05) is 37.5 Å².